The molecule has 0 saturated carbocycles. The van der Waals surface area contributed by atoms with Gasteiger partial charge in [0.2, 0.25) is 0 Å². The summed E-state index contributed by atoms with van der Waals surface area (Å²) in [4.78, 5) is 4.35. The van der Waals surface area contributed by atoms with Crippen LogP contribution in [0.15, 0.2) is 23.6 Å². The van der Waals surface area contributed by atoms with Gasteiger partial charge in [-0.05, 0) is 26.0 Å². The molecule has 0 fully saturated rings. The summed E-state index contributed by atoms with van der Waals surface area (Å²) in [6.45, 7) is 4.35. The lowest BCUT2D eigenvalue weighted by atomic mass is 10.1. The molecule has 0 amide bonds. The Morgan fingerprint density at radius 2 is 2.00 bits per heavy atom. The zero-order valence-corrected chi connectivity index (χ0v) is 11.7. The number of benzene rings is 1. The molecule has 0 saturated heterocycles. The Morgan fingerprint density at radius 1 is 1.32 bits per heavy atom. The summed E-state index contributed by atoms with van der Waals surface area (Å²) in [7, 11) is 0. The fourth-order valence-corrected chi connectivity index (χ4v) is 2.72. The van der Waals surface area contributed by atoms with Gasteiger partial charge in [0.05, 0.1) is 5.01 Å². The summed E-state index contributed by atoms with van der Waals surface area (Å²) in [5.74, 6) is -1.02. The fourth-order valence-electron chi connectivity index (χ4n) is 1.94. The predicted octanol–water partition coefficient (Wildman–Crippen LogP) is 3.62. The summed E-state index contributed by atoms with van der Waals surface area (Å²) >= 11 is 1.60. The predicted molar refractivity (Wildman–Crippen MR) is 73.3 cm³/mol. The maximum Gasteiger partial charge on any atom is 0.130 e. The number of nitrogens with zero attached hydrogens (tertiary/aromatic N) is 1. The molecule has 1 atom stereocenters. The number of aromatic nitrogens is 1. The molecule has 1 heterocycles. The Kier molecular flexibility index (Phi) is 4.61. The zero-order valence-electron chi connectivity index (χ0n) is 10.9. The van der Waals surface area contributed by atoms with Gasteiger partial charge >= 0.3 is 0 Å². The van der Waals surface area contributed by atoms with Crippen molar-refractivity contribution in [2.75, 3.05) is 6.54 Å². The number of nitrogens with one attached hydrogen (secondary N) is 1. The third-order valence-corrected chi connectivity index (χ3v) is 3.92. The van der Waals surface area contributed by atoms with E-state index in [1.807, 2.05) is 12.3 Å². The Hall–Kier alpha value is -1.33. The van der Waals surface area contributed by atoms with Crippen LogP contribution in [0, 0.1) is 18.6 Å². The molecule has 0 bridgehead atoms. The van der Waals surface area contributed by atoms with Crippen molar-refractivity contribution >= 4 is 11.3 Å². The van der Waals surface area contributed by atoms with Gasteiger partial charge in [-0.15, -0.1) is 11.3 Å². The smallest absolute Gasteiger partial charge is 0.130 e. The monoisotopic (exact) mass is 282 g/mol. The highest BCUT2D eigenvalue weighted by Crippen LogP contribution is 2.20. The van der Waals surface area contributed by atoms with E-state index in [9.17, 15) is 8.78 Å². The van der Waals surface area contributed by atoms with Crippen LogP contribution in [-0.2, 0) is 6.42 Å². The van der Waals surface area contributed by atoms with Gasteiger partial charge in [-0.2, -0.15) is 0 Å². The maximum atomic E-state index is 13.6. The van der Waals surface area contributed by atoms with E-state index in [2.05, 4.69) is 10.3 Å². The molecule has 1 aromatic heterocycles. The second kappa shape index (κ2) is 6.21. The van der Waals surface area contributed by atoms with Crippen molar-refractivity contribution in [3.63, 3.8) is 0 Å². The first-order valence-electron chi connectivity index (χ1n) is 6.16. The first-order valence-corrected chi connectivity index (χ1v) is 7.04. The van der Waals surface area contributed by atoms with Gasteiger partial charge in [0.15, 0.2) is 0 Å². The number of thiazole rings is 1. The topological polar surface area (TPSA) is 24.9 Å². The normalized spacial score (nSPS) is 12.6. The molecule has 2 nitrogen and oxygen atoms in total. The van der Waals surface area contributed by atoms with Crippen molar-refractivity contribution in [1.29, 1.82) is 0 Å². The SMILES string of the molecule is Cc1csc(CCNC(C)c2c(F)cccc2F)n1. The summed E-state index contributed by atoms with van der Waals surface area (Å²) in [6, 6.07) is 3.57. The van der Waals surface area contributed by atoms with Gasteiger partial charge in [0, 0.05) is 35.6 Å². The van der Waals surface area contributed by atoms with Crippen molar-refractivity contribution in [1.82, 2.24) is 10.3 Å². The van der Waals surface area contributed by atoms with E-state index < -0.39 is 11.6 Å². The van der Waals surface area contributed by atoms with E-state index in [-0.39, 0.29) is 11.6 Å². The first kappa shape index (κ1) is 14.1. The largest absolute Gasteiger partial charge is 0.310 e. The van der Waals surface area contributed by atoms with Crippen LogP contribution >= 0.6 is 11.3 Å². The van der Waals surface area contributed by atoms with Crippen molar-refractivity contribution in [3.05, 3.63) is 51.5 Å². The van der Waals surface area contributed by atoms with Crippen LogP contribution in [0.1, 0.15) is 29.2 Å². The molecule has 19 heavy (non-hydrogen) atoms. The van der Waals surface area contributed by atoms with Crippen LogP contribution in [0.5, 0.6) is 0 Å². The van der Waals surface area contributed by atoms with E-state index in [1.165, 1.54) is 18.2 Å². The maximum absolute atomic E-state index is 13.6. The molecule has 102 valence electrons. The molecular formula is C14H16F2N2S. The van der Waals surface area contributed by atoms with E-state index in [0.29, 0.717) is 6.54 Å². The molecule has 5 heteroatoms. The Labute approximate surface area is 115 Å². The summed E-state index contributed by atoms with van der Waals surface area (Å²) in [5, 5.41) is 6.15. The number of hydrogen-bond donors (Lipinski definition) is 1. The second-order valence-corrected chi connectivity index (χ2v) is 5.39. The molecule has 1 N–H and O–H groups in total. The lowest BCUT2D eigenvalue weighted by Gasteiger charge is -2.15. The van der Waals surface area contributed by atoms with E-state index in [1.54, 1.807) is 18.3 Å². The molecule has 0 aliphatic rings. The molecular weight excluding hydrogens is 266 g/mol. The van der Waals surface area contributed by atoms with Crippen LogP contribution in [0.2, 0.25) is 0 Å². The van der Waals surface area contributed by atoms with Gasteiger partial charge in [-0.3, -0.25) is 0 Å². The molecule has 0 spiro atoms. The van der Waals surface area contributed by atoms with Crippen molar-refractivity contribution in [2.45, 2.75) is 26.3 Å². The summed E-state index contributed by atoms with van der Waals surface area (Å²) in [6.07, 6.45) is 0.763. The van der Waals surface area contributed by atoms with Crippen molar-refractivity contribution in [2.24, 2.45) is 0 Å². The lowest BCUT2D eigenvalue weighted by Crippen LogP contribution is -2.23. The van der Waals surface area contributed by atoms with E-state index >= 15 is 0 Å². The van der Waals surface area contributed by atoms with Crippen molar-refractivity contribution < 1.29 is 8.78 Å². The Morgan fingerprint density at radius 3 is 2.58 bits per heavy atom. The minimum atomic E-state index is -0.509. The van der Waals surface area contributed by atoms with Gasteiger partial charge in [0.25, 0.3) is 0 Å². The average molecular weight is 282 g/mol. The van der Waals surface area contributed by atoms with E-state index in [4.69, 9.17) is 0 Å². The standard InChI is InChI=1S/C14H16F2N2S/c1-9-8-19-13(18-9)6-7-17-10(2)14-11(15)4-3-5-12(14)16/h3-5,8,10,17H,6-7H2,1-2H3. The van der Waals surface area contributed by atoms with Gasteiger partial charge < -0.3 is 5.32 Å². The molecule has 1 aromatic carbocycles. The third-order valence-electron chi connectivity index (χ3n) is 2.89. The van der Waals surface area contributed by atoms with Gasteiger partial charge in [0.1, 0.15) is 11.6 Å². The lowest BCUT2D eigenvalue weighted by molar-refractivity contribution is 0.490. The van der Waals surface area contributed by atoms with Crippen LogP contribution < -0.4 is 5.32 Å². The highest BCUT2D eigenvalue weighted by Gasteiger charge is 2.15. The molecule has 2 aromatic rings. The fraction of sp³-hybridized carbons (Fsp3) is 0.357. The molecule has 2 rings (SSSR count). The minimum absolute atomic E-state index is 0.0952. The minimum Gasteiger partial charge on any atom is -0.310 e. The van der Waals surface area contributed by atoms with Crippen LogP contribution in [-0.4, -0.2) is 11.5 Å². The van der Waals surface area contributed by atoms with Crippen molar-refractivity contribution in [3.8, 4) is 0 Å². The average Bonchev–Trinajstić information content (AvgIpc) is 2.75. The Balaban J connectivity index is 1.92. The zero-order chi connectivity index (χ0) is 13.8. The number of halogens is 2. The first-order chi connectivity index (χ1) is 9.08. The number of aryl methyl sites for hydroxylation is 1. The highest BCUT2D eigenvalue weighted by molar-refractivity contribution is 7.09. The number of rotatable bonds is 5. The van der Waals surface area contributed by atoms with E-state index in [0.717, 1.165) is 17.1 Å². The van der Waals surface area contributed by atoms with Gasteiger partial charge in [-0.25, -0.2) is 13.8 Å². The number of hydrogen-bond acceptors (Lipinski definition) is 3. The van der Waals surface area contributed by atoms with Crippen LogP contribution in [0.25, 0.3) is 0 Å². The quantitative estimate of drug-likeness (QED) is 0.906. The van der Waals surface area contributed by atoms with Gasteiger partial charge in [-0.1, -0.05) is 6.07 Å². The highest BCUT2D eigenvalue weighted by atomic mass is 32.1. The van der Waals surface area contributed by atoms with Crippen LogP contribution in [0.3, 0.4) is 0 Å². The molecule has 0 aliphatic carbocycles. The van der Waals surface area contributed by atoms with Crippen LogP contribution in [0.4, 0.5) is 8.78 Å². The molecule has 0 radical (unpaired) electrons. The Bertz CT molecular complexity index is 534. The molecule has 1 unspecified atom stereocenters. The third kappa shape index (κ3) is 3.58. The second-order valence-electron chi connectivity index (χ2n) is 4.44. The molecule has 0 aliphatic heterocycles. The summed E-state index contributed by atoms with van der Waals surface area (Å²) in [5.41, 5.74) is 1.10. The summed E-state index contributed by atoms with van der Waals surface area (Å²) < 4.78 is 27.1.